The third-order valence-electron chi connectivity index (χ3n) is 2.41. The van der Waals surface area contributed by atoms with Crippen molar-refractivity contribution in [3.05, 3.63) is 0 Å². The molecule has 0 heterocycles. The minimum atomic E-state index is -1.39. The predicted octanol–water partition coefficient (Wildman–Crippen LogP) is 2.81. The van der Waals surface area contributed by atoms with Gasteiger partial charge in [-0.1, -0.05) is 26.6 Å². The lowest BCUT2D eigenvalue weighted by molar-refractivity contribution is 0.330. The van der Waals surface area contributed by atoms with Gasteiger partial charge in [0.25, 0.3) is 0 Å². The van der Waals surface area contributed by atoms with Crippen LogP contribution in [-0.2, 0) is 0 Å². The molecular weight excluding hydrogens is 222 g/mol. The molecule has 1 N–H and O–H groups in total. The highest BCUT2D eigenvalue weighted by Crippen LogP contribution is 2.18. The summed E-state index contributed by atoms with van der Waals surface area (Å²) in [6, 6.07) is 0.198. The van der Waals surface area contributed by atoms with E-state index in [1.165, 1.54) is 0 Å². The van der Waals surface area contributed by atoms with Crippen molar-refractivity contribution < 1.29 is 5.11 Å². The summed E-state index contributed by atoms with van der Waals surface area (Å²) in [5, 5.41) is 9.27. The number of rotatable bonds is 6. The van der Waals surface area contributed by atoms with Crippen LogP contribution in [0.25, 0.3) is 0 Å². The Hall–Kier alpha value is -0.373. The molecule has 0 aliphatic heterocycles. The summed E-state index contributed by atoms with van der Waals surface area (Å²) in [5.74, 6) is 2.67. The molecule has 4 heteroatoms. The van der Waals surface area contributed by atoms with E-state index in [1.54, 1.807) is 0 Å². The van der Waals surface area contributed by atoms with E-state index in [0.717, 1.165) is 6.54 Å². The standard InChI is InChI=1S/C11H21NOSSi/c1-6-8-10(9-11(13)14)12(7-2)15(3,4)5/h1,10H,7-9H2,2-5H3,(H,13,14). The summed E-state index contributed by atoms with van der Waals surface area (Å²) >= 11 is 4.75. The van der Waals surface area contributed by atoms with E-state index in [2.05, 4.69) is 37.1 Å². The average molecular weight is 243 g/mol. The van der Waals surface area contributed by atoms with Crippen LogP contribution in [0, 0.1) is 12.3 Å². The maximum atomic E-state index is 9.21. The largest absolute Gasteiger partial charge is 0.502 e. The van der Waals surface area contributed by atoms with Crippen LogP contribution in [0.3, 0.4) is 0 Å². The fourth-order valence-corrected chi connectivity index (χ4v) is 4.33. The molecule has 0 spiro atoms. The van der Waals surface area contributed by atoms with Crippen LogP contribution in [0.5, 0.6) is 0 Å². The molecule has 86 valence electrons. The van der Waals surface area contributed by atoms with Crippen molar-refractivity contribution in [3.63, 3.8) is 0 Å². The first kappa shape index (κ1) is 14.6. The van der Waals surface area contributed by atoms with Gasteiger partial charge < -0.3 is 9.67 Å². The smallest absolute Gasteiger partial charge is 0.158 e. The third kappa shape index (κ3) is 5.31. The van der Waals surface area contributed by atoms with Crippen LogP contribution in [0.4, 0.5) is 0 Å². The Morgan fingerprint density at radius 3 is 2.33 bits per heavy atom. The molecule has 0 bridgehead atoms. The minimum absolute atomic E-state index is 0.0620. The summed E-state index contributed by atoms with van der Waals surface area (Å²) in [6.07, 6.45) is 6.52. The van der Waals surface area contributed by atoms with E-state index >= 15 is 0 Å². The molecule has 1 atom stereocenters. The van der Waals surface area contributed by atoms with Gasteiger partial charge in [0.2, 0.25) is 0 Å². The SMILES string of the molecule is C#CCC(CC(O)=S)N(CC)[Si](C)(C)C. The number of aliphatic hydroxyl groups is 1. The molecule has 0 aromatic heterocycles. The predicted molar refractivity (Wildman–Crippen MR) is 72.8 cm³/mol. The molecule has 0 aliphatic carbocycles. The summed E-state index contributed by atoms with van der Waals surface area (Å²) in [6.45, 7) is 9.92. The summed E-state index contributed by atoms with van der Waals surface area (Å²) < 4.78 is 2.41. The van der Waals surface area contributed by atoms with E-state index in [0.29, 0.717) is 12.8 Å². The number of aliphatic hydroxyl groups excluding tert-OH is 1. The maximum Gasteiger partial charge on any atom is 0.158 e. The quantitative estimate of drug-likeness (QED) is 0.441. The molecule has 0 radical (unpaired) electrons. The van der Waals surface area contributed by atoms with Crippen molar-refractivity contribution >= 4 is 25.5 Å². The summed E-state index contributed by atoms with van der Waals surface area (Å²) in [7, 11) is -1.39. The van der Waals surface area contributed by atoms with Gasteiger partial charge in [0, 0.05) is 18.9 Å². The molecular formula is C11H21NOSSi. The Kier molecular flexibility index (Phi) is 6.11. The Bertz CT molecular complexity index is 254. The topological polar surface area (TPSA) is 23.5 Å². The van der Waals surface area contributed by atoms with Crippen LogP contribution in [-0.4, -0.2) is 35.5 Å². The van der Waals surface area contributed by atoms with Crippen LogP contribution < -0.4 is 0 Å². The third-order valence-corrected chi connectivity index (χ3v) is 4.98. The summed E-state index contributed by atoms with van der Waals surface area (Å²) in [5.41, 5.74) is 0. The lowest BCUT2D eigenvalue weighted by Crippen LogP contribution is -2.52. The second-order valence-corrected chi connectivity index (χ2v) is 10.0. The summed E-state index contributed by atoms with van der Waals surface area (Å²) in [4.78, 5) is 0. The monoisotopic (exact) mass is 243 g/mol. The fourth-order valence-electron chi connectivity index (χ4n) is 1.91. The minimum Gasteiger partial charge on any atom is -0.502 e. The number of hydrogen-bond acceptors (Lipinski definition) is 2. The van der Waals surface area contributed by atoms with E-state index in [1.807, 2.05) is 0 Å². The number of terminal acetylenes is 1. The lowest BCUT2D eigenvalue weighted by atomic mass is 10.1. The molecule has 0 aliphatic rings. The fraction of sp³-hybridized carbons (Fsp3) is 0.727. The van der Waals surface area contributed by atoms with E-state index in [4.69, 9.17) is 18.6 Å². The molecule has 0 aromatic carbocycles. The number of thiocarbonyl (C=S) groups is 1. The Morgan fingerprint density at radius 1 is 1.53 bits per heavy atom. The number of nitrogens with zero attached hydrogens (tertiary/aromatic N) is 1. The van der Waals surface area contributed by atoms with Gasteiger partial charge in [0.15, 0.2) is 5.05 Å². The Morgan fingerprint density at radius 2 is 2.07 bits per heavy atom. The Labute approximate surface area is 99.8 Å². The van der Waals surface area contributed by atoms with Gasteiger partial charge in [-0.2, -0.15) is 0 Å². The molecule has 0 rings (SSSR count). The van der Waals surface area contributed by atoms with Gasteiger partial charge in [-0.15, -0.1) is 12.3 Å². The van der Waals surface area contributed by atoms with Crippen molar-refractivity contribution in [2.45, 2.75) is 45.4 Å². The van der Waals surface area contributed by atoms with Gasteiger partial charge in [-0.05, 0) is 18.8 Å². The average Bonchev–Trinajstić information content (AvgIpc) is 2.01. The second-order valence-electron chi connectivity index (χ2n) is 4.62. The highest BCUT2D eigenvalue weighted by atomic mass is 32.1. The van der Waals surface area contributed by atoms with Gasteiger partial charge in [-0.3, -0.25) is 0 Å². The van der Waals surface area contributed by atoms with Gasteiger partial charge in [-0.25, -0.2) is 0 Å². The van der Waals surface area contributed by atoms with Gasteiger partial charge in [0.1, 0.15) is 8.24 Å². The van der Waals surface area contributed by atoms with Crippen molar-refractivity contribution in [2.75, 3.05) is 6.54 Å². The van der Waals surface area contributed by atoms with Gasteiger partial charge >= 0.3 is 0 Å². The molecule has 1 unspecified atom stereocenters. The van der Waals surface area contributed by atoms with Crippen LogP contribution in [0.2, 0.25) is 19.6 Å². The van der Waals surface area contributed by atoms with Crippen LogP contribution in [0.15, 0.2) is 0 Å². The van der Waals surface area contributed by atoms with Crippen molar-refractivity contribution in [3.8, 4) is 12.3 Å². The first-order valence-corrected chi connectivity index (χ1v) is 9.10. The van der Waals surface area contributed by atoms with Crippen molar-refractivity contribution in [2.24, 2.45) is 0 Å². The molecule has 0 fully saturated rings. The molecule has 0 saturated heterocycles. The molecule has 0 amide bonds. The Balaban J connectivity index is 4.71. The molecule has 0 saturated carbocycles. The first-order chi connectivity index (χ1) is 6.82. The zero-order chi connectivity index (χ0) is 12.1. The van der Waals surface area contributed by atoms with Crippen molar-refractivity contribution in [1.29, 1.82) is 0 Å². The lowest BCUT2D eigenvalue weighted by Gasteiger charge is -2.39. The molecule has 2 nitrogen and oxygen atoms in total. The zero-order valence-electron chi connectivity index (χ0n) is 10.1. The second kappa shape index (κ2) is 6.26. The zero-order valence-corrected chi connectivity index (χ0v) is 11.9. The van der Waals surface area contributed by atoms with E-state index in [-0.39, 0.29) is 11.1 Å². The van der Waals surface area contributed by atoms with E-state index < -0.39 is 8.24 Å². The van der Waals surface area contributed by atoms with Crippen molar-refractivity contribution in [1.82, 2.24) is 4.57 Å². The normalized spacial score (nSPS) is 13.6. The maximum absolute atomic E-state index is 9.21. The van der Waals surface area contributed by atoms with Gasteiger partial charge in [0.05, 0.1) is 0 Å². The highest BCUT2D eigenvalue weighted by Gasteiger charge is 2.29. The molecule has 0 aromatic rings. The first-order valence-electron chi connectivity index (χ1n) is 5.25. The van der Waals surface area contributed by atoms with E-state index in [9.17, 15) is 5.11 Å². The van der Waals surface area contributed by atoms with Crippen LogP contribution >= 0.6 is 12.2 Å². The highest BCUT2D eigenvalue weighted by molar-refractivity contribution is 7.80. The van der Waals surface area contributed by atoms with Crippen LogP contribution in [0.1, 0.15) is 19.8 Å². The number of hydrogen-bond donors (Lipinski definition) is 1. The molecule has 15 heavy (non-hydrogen) atoms.